The standard InChI is InChI=1S/C15H19N5S/c1-17-9-5-7-11-13(14(16)20(2)19-11)15-18-10-6-3-4-8-12(10)21-15/h3-4,6,8,17H,5,7,9,16H2,1-2H3. The van der Waals surface area contributed by atoms with Gasteiger partial charge in [0, 0.05) is 7.05 Å². The van der Waals surface area contributed by atoms with Gasteiger partial charge in [0.25, 0.3) is 0 Å². The monoisotopic (exact) mass is 301 g/mol. The third-order valence-electron chi connectivity index (χ3n) is 3.51. The van der Waals surface area contributed by atoms with E-state index in [2.05, 4.69) is 16.5 Å². The van der Waals surface area contributed by atoms with Crippen molar-refractivity contribution in [3.05, 3.63) is 30.0 Å². The summed E-state index contributed by atoms with van der Waals surface area (Å²) in [5.41, 5.74) is 9.26. The minimum Gasteiger partial charge on any atom is -0.383 e. The van der Waals surface area contributed by atoms with Crippen LogP contribution in [0.15, 0.2) is 24.3 Å². The summed E-state index contributed by atoms with van der Waals surface area (Å²) in [5, 5.41) is 8.68. The fraction of sp³-hybridized carbons (Fsp3) is 0.333. The van der Waals surface area contributed by atoms with Crippen molar-refractivity contribution in [2.45, 2.75) is 12.8 Å². The van der Waals surface area contributed by atoms with Gasteiger partial charge < -0.3 is 11.1 Å². The molecule has 0 aliphatic rings. The number of nitrogens with one attached hydrogen (secondary N) is 1. The van der Waals surface area contributed by atoms with Gasteiger partial charge in [0.2, 0.25) is 0 Å². The predicted molar refractivity (Wildman–Crippen MR) is 88.5 cm³/mol. The van der Waals surface area contributed by atoms with Crippen molar-refractivity contribution in [1.82, 2.24) is 20.1 Å². The van der Waals surface area contributed by atoms with Crippen LogP contribution in [-0.2, 0) is 13.5 Å². The maximum Gasteiger partial charge on any atom is 0.131 e. The molecule has 3 N–H and O–H groups in total. The van der Waals surface area contributed by atoms with Gasteiger partial charge in [-0.2, -0.15) is 5.10 Å². The zero-order chi connectivity index (χ0) is 14.8. The van der Waals surface area contributed by atoms with Crippen LogP contribution < -0.4 is 11.1 Å². The summed E-state index contributed by atoms with van der Waals surface area (Å²) in [6.07, 6.45) is 1.93. The molecule has 0 radical (unpaired) electrons. The molecule has 0 fully saturated rings. The van der Waals surface area contributed by atoms with E-state index in [0.29, 0.717) is 5.82 Å². The van der Waals surface area contributed by atoms with E-state index in [0.717, 1.165) is 41.2 Å². The molecular weight excluding hydrogens is 282 g/mol. The van der Waals surface area contributed by atoms with Crippen LogP contribution in [-0.4, -0.2) is 28.4 Å². The molecule has 110 valence electrons. The van der Waals surface area contributed by atoms with Gasteiger partial charge in [0.1, 0.15) is 10.8 Å². The Kier molecular flexibility index (Phi) is 3.90. The molecule has 0 atom stereocenters. The van der Waals surface area contributed by atoms with Gasteiger partial charge in [0.05, 0.1) is 21.5 Å². The molecular formula is C15H19N5S. The van der Waals surface area contributed by atoms with Crippen molar-refractivity contribution in [2.24, 2.45) is 7.05 Å². The van der Waals surface area contributed by atoms with E-state index in [1.165, 1.54) is 4.70 Å². The normalized spacial score (nSPS) is 11.3. The molecule has 21 heavy (non-hydrogen) atoms. The summed E-state index contributed by atoms with van der Waals surface area (Å²) in [5.74, 6) is 0.688. The average molecular weight is 301 g/mol. The first kappa shape index (κ1) is 14.0. The number of anilines is 1. The average Bonchev–Trinajstić information content (AvgIpc) is 3.01. The molecule has 2 heterocycles. The molecule has 0 saturated carbocycles. The number of rotatable bonds is 5. The molecule has 3 rings (SSSR count). The van der Waals surface area contributed by atoms with Gasteiger partial charge in [-0.25, -0.2) is 4.98 Å². The van der Waals surface area contributed by atoms with E-state index in [4.69, 9.17) is 10.7 Å². The molecule has 0 aliphatic heterocycles. The lowest BCUT2D eigenvalue weighted by atomic mass is 10.1. The van der Waals surface area contributed by atoms with Crippen LogP contribution in [0.4, 0.5) is 5.82 Å². The number of aryl methyl sites for hydroxylation is 2. The Morgan fingerprint density at radius 1 is 1.33 bits per heavy atom. The fourth-order valence-electron chi connectivity index (χ4n) is 2.41. The maximum atomic E-state index is 6.21. The highest BCUT2D eigenvalue weighted by molar-refractivity contribution is 7.21. The number of nitrogens with zero attached hydrogens (tertiary/aromatic N) is 3. The number of thiazole rings is 1. The smallest absolute Gasteiger partial charge is 0.131 e. The molecule has 0 bridgehead atoms. The minimum atomic E-state index is 0.688. The van der Waals surface area contributed by atoms with Crippen molar-refractivity contribution >= 4 is 27.4 Å². The third-order valence-corrected chi connectivity index (χ3v) is 4.57. The summed E-state index contributed by atoms with van der Waals surface area (Å²) in [6, 6.07) is 8.16. The number of nitrogens with two attached hydrogens (primary N) is 1. The number of benzene rings is 1. The molecule has 0 unspecified atom stereocenters. The molecule has 0 saturated heterocycles. The van der Waals surface area contributed by atoms with Crippen LogP contribution >= 0.6 is 11.3 Å². The quantitative estimate of drug-likeness (QED) is 0.710. The molecule has 0 amide bonds. The van der Waals surface area contributed by atoms with E-state index < -0.39 is 0 Å². The van der Waals surface area contributed by atoms with Crippen molar-refractivity contribution in [3.8, 4) is 10.6 Å². The number of hydrogen-bond donors (Lipinski definition) is 2. The van der Waals surface area contributed by atoms with Gasteiger partial charge in [-0.05, 0) is 38.6 Å². The first-order valence-electron chi connectivity index (χ1n) is 7.02. The Labute approximate surface area is 127 Å². The van der Waals surface area contributed by atoms with Crippen LogP contribution in [0, 0.1) is 0 Å². The molecule has 0 aliphatic carbocycles. The van der Waals surface area contributed by atoms with E-state index in [9.17, 15) is 0 Å². The van der Waals surface area contributed by atoms with Gasteiger partial charge in [-0.15, -0.1) is 11.3 Å². The SMILES string of the molecule is CNCCCc1nn(C)c(N)c1-c1nc2ccccc2s1. The molecule has 5 nitrogen and oxygen atoms in total. The van der Waals surface area contributed by atoms with E-state index in [1.807, 2.05) is 32.3 Å². The topological polar surface area (TPSA) is 68.8 Å². The minimum absolute atomic E-state index is 0.688. The molecule has 2 aromatic heterocycles. The molecule has 0 spiro atoms. The second-order valence-corrected chi connectivity index (χ2v) is 6.06. The summed E-state index contributed by atoms with van der Waals surface area (Å²) < 4.78 is 2.92. The summed E-state index contributed by atoms with van der Waals surface area (Å²) in [4.78, 5) is 4.72. The zero-order valence-corrected chi connectivity index (χ0v) is 13.1. The fourth-order valence-corrected chi connectivity index (χ4v) is 3.46. The summed E-state index contributed by atoms with van der Waals surface area (Å²) >= 11 is 1.67. The van der Waals surface area contributed by atoms with Crippen molar-refractivity contribution in [3.63, 3.8) is 0 Å². The molecule has 6 heteroatoms. The zero-order valence-electron chi connectivity index (χ0n) is 12.3. The first-order chi connectivity index (χ1) is 10.2. The highest BCUT2D eigenvalue weighted by Gasteiger charge is 2.18. The molecule has 1 aromatic carbocycles. The largest absolute Gasteiger partial charge is 0.383 e. The lowest BCUT2D eigenvalue weighted by Crippen LogP contribution is -2.08. The van der Waals surface area contributed by atoms with Gasteiger partial charge >= 0.3 is 0 Å². The second-order valence-electron chi connectivity index (χ2n) is 5.02. The Bertz CT molecular complexity index is 726. The number of hydrogen-bond acceptors (Lipinski definition) is 5. The second kappa shape index (κ2) is 5.83. The third kappa shape index (κ3) is 2.64. The lowest BCUT2D eigenvalue weighted by Gasteiger charge is -2.00. The highest BCUT2D eigenvalue weighted by Crippen LogP contribution is 2.35. The van der Waals surface area contributed by atoms with Crippen molar-refractivity contribution in [2.75, 3.05) is 19.3 Å². The predicted octanol–water partition coefficient (Wildman–Crippen LogP) is 2.43. The number of nitrogen functional groups attached to an aromatic ring is 1. The number of fused-ring (bicyclic) bond motifs is 1. The summed E-state index contributed by atoms with van der Waals surface area (Å²) in [6.45, 7) is 0.968. The van der Waals surface area contributed by atoms with E-state index in [-0.39, 0.29) is 0 Å². The van der Waals surface area contributed by atoms with Gasteiger partial charge in [-0.1, -0.05) is 12.1 Å². The first-order valence-corrected chi connectivity index (χ1v) is 7.84. The van der Waals surface area contributed by atoms with Crippen LogP contribution in [0.25, 0.3) is 20.8 Å². The van der Waals surface area contributed by atoms with Crippen molar-refractivity contribution < 1.29 is 0 Å². The lowest BCUT2D eigenvalue weighted by molar-refractivity contribution is 0.692. The number of aromatic nitrogens is 3. The Hall–Kier alpha value is -1.92. The van der Waals surface area contributed by atoms with Gasteiger partial charge in [0.15, 0.2) is 0 Å². The van der Waals surface area contributed by atoms with Crippen LogP contribution in [0.1, 0.15) is 12.1 Å². The Morgan fingerprint density at radius 2 is 2.14 bits per heavy atom. The summed E-state index contributed by atoms with van der Waals surface area (Å²) in [7, 11) is 3.84. The van der Waals surface area contributed by atoms with Crippen LogP contribution in [0.5, 0.6) is 0 Å². The Balaban J connectivity index is 2.03. The Morgan fingerprint density at radius 3 is 2.90 bits per heavy atom. The van der Waals surface area contributed by atoms with Crippen LogP contribution in [0.3, 0.4) is 0 Å². The van der Waals surface area contributed by atoms with E-state index in [1.54, 1.807) is 16.0 Å². The van der Waals surface area contributed by atoms with Crippen LogP contribution in [0.2, 0.25) is 0 Å². The highest BCUT2D eigenvalue weighted by atomic mass is 32.1. The maximum absolute atomic E-state index is 6.21. The molecule has 3 aromatic rings. The van der Waals surface area contributed by atoms with E-state index >= 15 is 0 Å². The van der Waals surface area contributed by atoms with Crippen molar-refractivity contribution in [1.29, 1.82) is 0 Å². The van der Waals surface area contributed by atoms with Gasteiger partial charge in [-0.3, -0.25) is 4.68 Å². The number of para-hydroxylation sites is 1.